The Morgan fingerprint density at radius 3 is 3.15 bits per heavy atom. The number of nitrogens with zero attached hydrogens (tertiary/aromatic N) is 2. The van der Waals surface area contributed by atoms with Gasteiger partial charge in [-0.25, -0.2) is 4.98 Å². The quantitative estimate of drug-likeness (QED) is 0.676. The molecule has 7 heteroatoms. The molecule has 0 radical (unpaired) electrons. The van der Waals surface area contributed by atoms with Gasteiger partial charge in [0.05, 0.1) is 22.3 Å². The lowest BCUT2D eigenvalue weighted by molar-refractivity contribution is 0.222. The zero-order valence-electron chi connectivity index (χ0n) is 11.0. The van der Waals surface area contributed by atoms with Crippen LogP contribution in [0.5, 0.6) is 0 Å². The van der Waals surface area contributed by atoms with Gasteiger partial charge in [-0.05, 0) is 28.3 Å². The number of furan rings is 1. The fourth-order valence-corrected chi connectivity index (χ4v) is 3.09. The van der Waals surface area contributed by atoms with Gasteiger partial charge in [0.15, 0.2) is 5.16 Å². The summed E-state index contributed by atoms with van der Waals surface area (Å²) >= 11 is 4.83. The van der Waals surface area contributed by atoms with Crippen LogP contribution in [0.1, 0.15) is 17.0 Å². The molecule has 3 heterocycles. The number of halogens is 1. The zero-order chi connectivity index (χ0) is 14.1. The fraction of sp³-hybridized carbons (Fsp3) is 0.385. The van der Waals surface area contributed by atoms with Gasteiger partial charge in [-0.15, -0.1) is 0 Å². The summed E-state index contributed by atoms with van der Waals surface area (Å²) in [6.07, 6.45) is 4.38. The molecule has 1 N–H and O–H groups in total. The second kappa shape index (κ2) is 5.75. The molecule has 106 valence electrons. The SMILES string of the molecule is CSc1nc2c(c(=O)[nH]1)CN(Cc1cc(Br)co1)CC2. The molecule has 2 aromatic rings. The molecule has 0 saturated heterocycles. The van der Waals surface area contributed by atoms with Gasteiger partial charge in [0.25, 0.3) is 5.56 Å². The average molecular weight is 356 g/mol. The van der Waals surface area contributed by atoms with Gasteiger partial charge in [0.2, 0.25) is 0 Å². The predicted molar refractivity (Wildman–Crippen MR) is 80.9 cm³/mol. The smallest absolute Gasteiger partial charge is 0.256 e. The van der Waals surface area contributed by atoms with Crippen molar-refractivity contribution >= 4 is 27.7 Å². The average Bonchev–Trinajstić information content (AvgIpc) is 2.84. The predicted octanol–water partition coefficient (Wildman–Crippen LogP) is 2.41. The number of hydrogen-bond donors (Lipinski definition) is 1. The van der Waals surface area contributed by atoms with Crippen LogP contribution in [0.4, 0.5) is 0 Å². The summed E-state index contributed by atoms with van der Waals surface area (Å²) in [5, 5.41) is 0.692. The molecule has 0 unspecified atom stereocenters. The van der Waals surface area contributed by atoms with E-state index in [1.54, 1.807) is 6.26 Å². The molecule has 3 rings (SSSR count). The van der Waals surface area contributed by atoms with Crippen LogP contribution in [-0.2, 0) is 19.5 Å². The van der Waals surface area contributed by atoms with Gasteiger partial charge in [0.1, 0.15) is 12.0 Å². The first kappa shape index (κ1) is 13.9. The minimum atomic E-state index is -0.0234. The second-order valence-electron chi connectivity index (χ2n) is 4.69. The number of rotatable bonds is 3. The molecule has 0 aliphatic carbocycles. The number of fused-ring (bicyclic) bond motifs is 1. The lowest BCUT2D eigenvalue weighted by Crippen LogP contribution is -2.35. The first-order valence-electron chi connectivity index (χ1n) is 6.27. The Labute approximate surface area is 128 Å². The number of H-pyrrole nitrogens is 1. The van der Waals surface area contributed by atoms with Crippen molar-refractivity contribution in [3.8, 4) is 0 Å². The molecule has 1 aliphatic heterocycles. The summed E-state index contributed by atoms with van der Waals surface area (Å²) < 4.78 is 6.37. The van der Waals surface area contributed by atoms with Crippen LogP contribution < -0.4 is 5.56 Å². The first-order chi connectivity index (χ1) is 9.65. The Balaban J connectivity index is 1.80. The summed E-state index contributed by atoms with van der Waals surface area (Å²) in [6, 6.07) is 1.95. The van der Waals surface area contributed by atoms with E-state index in [0.717, 1.165) is 34.5 Å². The number of aromatic nitrogens is 2. The third-order valence-electron chi connectivity index (χ3n) is 3.32. The Kier molecular flexibility index (Phi) is 4.00. The van der Waals surface area contributed by atoms with Crippen molar-refractivity contribution < 1.29 is 4.42 Å². The van der Waals surface area contributed by atoms with Gasteiger partial charge in [-0.3, -0.25) is 9.69 Å². The third kappa shape index (κ3) is 2.84. The zero-order valence-corrected chi connectivity index (χ0v) is 13.4. The van der Waals surface area contributed by atoms with Crippen molar-refractivity contribution in [2.24, 2.45) is 0 Å². The molecule has 0 atom stereocenters. The molecular formula is C13H14BrN3O2S. The van der Waals surface area contributed by atoms with E-state index in [1.165, 1.54) is 11.8 Å². The van der Waals surface area contributed by atoms with Crippen molar-refractivity contribution in [2.45, 2.75) is 24.7 Å². The molecule has 0 saturated carbocycles. The third-order valence-corrected chi connectivity index (χ3v) is 4.32. The molecule has 20 heavy (non-hydrogen) atoms. The molecule has 0 bridgehead atoms. The Hall–Kier alpha value is -1.05. The van der Waals surface area contributed by atoms with Crippen LogP contribution in [0.2, 0.25) is 0 Å². The Morgan fingerprint density at radius 1 is 1.60 bits per heavy atom. The van der Waals surface area contributed by atoms with Gasteiger partial charge in [-0.2, -0.15) is 0 Å². The lowest BCUT2D eigenvalue weighted by Gasteiger charge is -2.26. The molecule has 2 aromatic heterocycles. The lowest BCUT2D eigenvalue weighted by atomic mass is 10.1. The maximum atomic E-state index is 12.1. The highest BCUT2D eigenvalue weighted by molar-refractivity contribution is 9.10. The van der Waals surface area contributed by atoms with Crippen LogP contribution in [0.25, 0.3) is 0 Å². The molecule has 0 spiro atoms. The molecule has 1 aliphatic rings. The highest BCUT2D eigenvalue weighted by atomic mass is 79.9. The highest BCUT2D eigenvalue weighted by Crippen LogP contribution is 2.20. The van der Waals surface area contributed by atoms with Gasteiger partial charge in [-0.1, -0.05) is 11.8 Å². The van der Waals surface area contributed by atoms with Crippen LogP contribution in [0.15, 0.2) is 31.2 Å². The standard InChI is InChI=1S/C13H14BrN3O2S/c1-20-13-15-11-2-3-17(6-10(11)12(18)16-13)5-9-4-8(14)7-19-9/h4,7H,2-3,5-6H2,1H3,(H,15,16,18). The number of aromatic amines is 1. The molecule has 0 amide bonds. The van der Waals surface area contributed by atoms with E-state index in [9.17, 15) is 4.79 Å². The summed E-state index contributed by atoms with van der Waals surface area (Å²) in [7, 11) is 0. The topological polar surface area (TPSA) is 62.1 Å². The van der Waals surface area contributed by atoms with E-state index in [0.29, 0.717) is 18.2 Å². The monoisotopic (exact) mass is 355 g/mol. The minimum absolute atomic E-state index is 0.0234. The minimum Gasteiger partial charge on any atom is -0.467 e. The van der Waals surface area contributed by atoms with Crippen LogP contribution >= 0.6 is 27.7 Å². The van der Waals surface area contributed by atoms with E-state index in [-0.39, 0.29) is 5.56 Å². The molecule has 5 nitrogen and oxygen atoms in total. The van der Waals surface area contributed by atoms with E-state index < -0.39 is 0 Å². The Bertz CT molecular complexity index is 682. The number of nitrogens with one attached hydrogen (secondary N) is 1. The van der Waals surface area contributed by atoms with E-state index in [4.69, 9.17) is 4.42 Å². The first-order valence-corrected chi connectivity index (χ1v) is 8.29. The van der Waals surface area contributed by atoms with Crippen LogP contribution in [-0.4, -0.2) is 27.7 Å². The van der Waals surface area contributed by atoms with Crippen molar-refractivity contribution in [3.05, 3.63) is 44.2 Å². The molecule has 0 aromatic carbocycles. The normalized spacial score (nSPS) is 15.3. The van der Waals surface area contributed by atoms with Crippen LogP contribution in [0.3, 0.4) is 0 Å². The summed E-state index contributed by atoms with van der Waals surface area (Å²) in [6.45, 7) is 2.20. The van der Waals surface area contributed by atoms with E-state index in [2.05, 4.69) is 30.8 Å². The second-order valence-corrected chi connectivity index (χ2v) is 6.40. The summed E-state index contributed by atoms with van der Waals surface area (Å²) in [4.78, 5) is 21.6. The maximum absolute atomic E-state index is 12.1. The largest absolute Gasteiger partial charge is 0.467 e. The number of thioether (sulfide) groups is 1. The summed E-state index contributed by atoms with van der Waals surface area (Å²) in [5.74, 6) is 0.894. The highest BCUT2D eigenvalue weighted by Gasteiger charge is 2.21. The summed E-state index contributed by atoms with van der Waals surface area (Å²) in [5.41, 5.74) is 1.68. The maximum Gasteiger partial charge on any atom is 0.256 e. The van der Waals surface area contributed by atoms with E-state index >= 15 is 0 Å². The van der Waals surface area contributed by atoms with Gasteiger partial charge >= 0.3 is 0 Å². The number of hydrogen-bond acceptors (Lipinski definition) is 5. The van der Waals surface area contributed by atoms with Crippen LogP contribution in [0, 0.1) is 0 Å². The van der Waals surface area contributed by atoms with Crippen molar-refractivity contribution in [1.82, 2.24) is 14.9 Å². The molecular weight excluding hydrogens is 342 g/mol. The van der Waals surface area contributed by atoms with Crippen molar-refractivity contribution in [1.29, 1.82) is 0 Å². The van der Waals surface area contributed by atoms with Crippen molar-refractivity contribution in [3.63, 3.8) is 0 Å². The van der Waals surface area contributed by atoms with Gasteiger partial charge in [0, 0.05) is 19.5 Å². The Morgan fingerprint density at radius 2 is 2.45 bits per heavy atom. The van der Waals surface area contributed by atoms with Gasteiger partial charge < -0.3 is 9.40 Å². The fourth-order valence-electron chi connectivity index (χ4n) is 2.35. The van der Waals surface area contributed by atoms with Crippen molar-refractivity contribution in [2.75, 3.05) is 12.8 Å². The molecule has 0 fully saturated rings. The van der Waals surface area contributed by atoms with E-state index in [1.807, 2.05) is 12.3 Å².